The number of carboxylic acids is 1. The maximum atomic E-state index is 15.3. The van der Waals surface area contributed by atoms with Crippen LogP contribution in [0.1, 0.15) is 53.1 Å². The van der Waals surface area contributed by atoms with E-state index >= 15 is 4.39 Å². The molecule has 1 unspecified atom stereocenters. The molecule has 4 heterocycles. The standard InChI is InChI=1S/C23H28FN3O5.ClH/c1-13-19-16(14-3-4-14)9-17(22(29)30)21(28)27(19)11-18(24)20(13)26-7-5-23(6-8-26)31-12-15(32-23)10-25-2;/h9,11,14-15,25H,3-8,10,12H2,1-2H3,(H,29,30);1H. The van der Waals surface area contributed by atoms with Crippen LogP contribution in [0.2, 0.25) is 0 Å². The third-order valence-electron chi connectivity index (χ3n) is 6.88. The summed E-state index contributed by atoms with van der Waals surface area (Å²) in [6.07, 6.45) is 4.28. The highest BCUT2D eigenvalue weighted by Gasteiger charge is 2.44. The normalized spacial score (nSPS) is 22.0. The molecule has 0 amide bonds. The molecule has 0 radical (unpaired) electrons. The molecule has 3 fully saturated rings. The summed E-state index contributed by atoms with van der Waals surface area (Å²) >= 11 is 0. The molecule has 1 spiro atoms. The van der Waals surface area contributed by atoms with Gasteiger partial charge in [-0.25, -0.2) is 9.18 Å². The van der Waals surface area contributed by atoms with Gasteiger partial charge in [0.05, 0.1) is 30.1 Å². The summed E-state index contributed by atoms with van der Waals surface area (Å²) in [4.78, 5) is 26.3. The van der Waals surface area contributed by atoms with Crippen LogP contribution in [0.15, 0.2) is 17.1 Å². The predicted molar refractivity (Wildman–Crippen MR) is 123 cm³/mol. The highest BCUT2D eigenvalue weighted by Crippen LogP contribution is 2.44. The molecule has 2 saturated heterocycles. The summed E-state index contributed by atoms with van der Waals surface area (Å²) in [5, 5.41) is 12.6. The third-order valence-corrected chi connectivity index (χ3v) is 6.88. The van der Waals surface area contributed by atoms with Gasteiger partial charge in [0.1, 0.15) is 5.56 Å². The number of halogens is 2. The number of nitrogens with zero attached hydrogens (tertiary/aromatic N) is 2. The van der Waals surface area contributed by atoms with Crippen LogP contribution in [-0.2, 0) is 9.47 Å². The number of aromatic nitrogens is 1. The fourth-order valence-corrected chi connectivity index (χ4v) is 5.17. The molecule has 1 saturated carbocycles. The minimum atomic E-state index is -1.29. The van der Waals surface area contributed by atoms with Crippen molar-refractivity contribution in [2.45, 2.75) is 50.4 Å². The van der Waals surface area contributed by atoms with Crippen molar-refractivity contribution in [3.8, 4) is 0 Å². The average Bonchev–Trinajstić information content (AvgIpc) is 3.53. The number of ether oxygens (including phenoxy) is 2. The van der Waals surface area contributed by atoms with Gasteiger partial charge in [-0.05, 0) is 49.9 Å². The number of aryl methyl sites for hydroxylation is 1. The van der Waals surface area contributed by atoms with E-state index in [0.29, 0.717) is 49.3 Å². The second-order valence-corrected chi connectivity index (χ2v) is 9.07. The molecule has 1 atom stereocenters. The monoisotopic (exact) mass is 481 g/mol. The summed E-state index contributed by atoms with van der Waals surface area (Å²) in [5.41, 5.74) is 1.55. The van der Waals surface area contributed by atoms with Gasteiger partial charge < -0.3 is 24.8 Å². The molecule has 2 N–H and O–H groups in total. The molecule has 1 aliphatic carbocycles. The molecule has 0 aromatic carbocycles. The maximum Gasteiger partial charge on any atom is 0.341 e. The molecule has 180 valence electrons. The lowest BCUT2D eigenvalue weighted by Crippen LogP contribution is -2.46. The Morgan fingerprint density at radius 3 is 2.64 bits per heavy atom. The zero-order chi connectivity index (χ0) is 22.6. The number of carboxylic acid groups (broad SMARTS) is 1. The van der Waals surface area contributed by atoms with Crippen molar-refractivity contribution in [1.82, 2.24) is 9.72 Å². The molecule has 0 bridgehead atoms. The van der Waals surface area contributed by atoms with Gasteiger partial charge in [0.2, 0.25) is 0 Å². The maximum absolute atomic E-state index is 15.3. The van der Waals surface area contributed by atoms with Gasteiger partial charge in [0.25, 0.3) is 5.56 Å². The molecule has 33 heavy (non-hydrogen) atoms. The number of aromatic carboxylic acids is 1. The number of hydrogen-bond acceptors (Lipinski definition) is 6. The Labute approximate surface area is 197 Å². The molecule has 3 aliphatic rings. The molecule has 5 rings (SSSR count). The molecule has 10 heteroatoms. The zero-order valence-corrected chi connectivity index (χ0v) is 19.5. The third kappa shape index (κ3) is 4.12. The molecule has 2 aromatic heterocycles. The van der Waals surface area contributed by atoms with Crippen molar-refractivity contribution in [2.24, 2.45) is 0 Å². The minimum Gasteiger partial charge on any atom is -0.477 e. The van der Waals surface area contributed by atoms with E-state index in [1.807, 2.05) is 18.9 Å². The Kier molecular flexibility index (Phi) is 6.43. The number of rotatable bonds is 5. The smallest absolute Gasteiger partial charge is 0.341 e. The Hall–Kier alpha value is -2.20. The van der Waals surface area contributed by atoms with Crippen LogP contribution in [0.4, 0.5) is 10.1 Å². The predicted octanol–water partition coefficient (Wildman–Crippen LogP) is 2.68. The Morgan fingerprint density at radius 1 is 1.33 bits per heavy atom. The summed E-state index contributed by atoms with van der Waals surface area (Å²) in [6, 6.07) is 1.49. The first-order valence-electron chi connectivity index (χ1n) is 11.2. The lowest BCUT2D eigenvalue weighted by molar-refractivity contribution is -0.179. The number of carbonyl (C=O) groups is 1. The molecule has 2 aromatic rings. The lowest BCUT2D eigenvalue weighted by atomic mass is 9.99. The van der Waals surface area contributed by atoms with Crippen LogP contribution in [0.3, 0.4) is 0 Å². The Bertz CT molecular complexity index is 1140. The van der Waals surface area contributed by atoms with Crippen molar-refractivity contribution in [3.63, 3.8) is 0 Å². The topological polar surface area (TPSA) is 92.5 Å². The van der Waals surface area contributed by atoms with Crippen molar-refractivity contribution >= 4 is 29.6 Å². The average molecular weight is 482 g/mol. The number of anilines is 1. The summed E-state index contributed by atoms with van der Waals surface area (Å²) < 4.78 is 28.7. The fourth-order valence-electron chi connectivity index (χ4n) is 5.17. The Morgan fingerprint density at radius 2 is 2.03 bits per heavy atom. The van der Waals surface area contributed by atoms with Crippen LogP contribution in [-0.4, -0.2) is 60.7 Å². The van der Waals surface area contributed by atoms with Gasteiger partial charge in [0, 0.05) is 32.5 Å². The largest absolute Gasteiger partial charge is 0.477 e. The van der Waals surface area contributed by atoms with E-state index in [-0.39, 0.29) is 30.0 Å². The summed E-state index contributed by atoms with van der Waals surface area (Å²) in [6.45, 7) is 4.22. The van der Waals surface area contributed by atoms with Crippen LogP contribution >= 0.6 is 12.4 Å². The van der Waals surface area contributed by atoms with Crippen LogP contribution in [0, 0.1) is 12.7 Å². The minimum absolute atomic E-state index is 0. The number of pyridine rings is 2. The second-order valence-electron chi connectivity index (χ2n) is 9.07. The zero-order valence-electron chi connectivity index (χ0n) is 18.7. The molecular weight excluding hydrogens is 453 g/mol. The van der Waals surface area contributed by atoms with Gasteiger partial charge in [-0.1, -0.05) is 0 Å². The number of piperidine rings is 1. The second kappa shape index (κ2) is 8.87. The number of nitrogens with one attached hydrogen (secondary N) is 1. The van der Waals surface area contributed by atoms with Crippen molar-refractivity contribution in [1.29, 1.82) is 0 Å². The van der Waals surface area contributed by atoms with E-state index in [2.05, 4.69) is 5.32 Å². The highest BCUT2D eigenvalue weighted by molar-refractivity contribution is 5.89. The van der Waals surface area contributed by atoms with E-state index in [1.54, 1.807) is 0 Å². The fraction of sp³-hybridized carbons (Fsp3) is 0.565. The summed E-state index contributed by atoms with van der Waals surface area (Å²) in [5.74, 6) is -2.23. The molecule has 2 aliphatic heterocycles. The van der Waals surface area contributed by atoms with Gasteiger partial charge in [-0.15, -0.1) is 12.4 Å². The quantitative estimate of drug-likeness (QED) is 0.678. The molecular formula is C23H29ClFN3O5. The van der Waals surface area contributed by atoms with Crippen molar-refractivity contribution in [3.05, 3.63) is 45.1 Å². The van der Waals surface area contributed by atoms with E-state index in [9.17, 15) is 14.7 Å². The first kappa shape index (κ1) is 23.9. The van der Waals surface area contributed by atoms with Crippen molar-refractivity contribution < 1.29 is 23.8 Å². The van der Waals surface area contributed by atoms with E-state index in [4.69, 9.17) is 9.47 Å². The molecule has 8 nitrogen and oxygen atoms in total. The van der Waals surface area contributed by atoms with E-state index in [1.165, 1.54) is 10.5 Å². The van der Waals surface area contributed by atoms with Crippen LogP contribution in [0.25, 0.3) is 5.52 Å². The van der Waals surface area contributed by atoms with Crippen LogP contribution in [0.5, 0.6) is 0 Å². The van der Waals surface area contributed by atoms with Gasteiger partial charge in [-0.2, -0.15) is 0 Å². The first-order chi connectivity index (χ1) is 15.3. The first-order valence-corrected chi connectivity index (χ1v) is 11.2. The van der Waals surface area contributed by atoms with Gasteiger partial charge in [-0.3, -0.25) is 9.20 Å². The van der Waals surface area contributed by atoms with E-state index in [0.717, 1.165) is 31.1 Å². The number of hydrogen-bond donors (Lipinski definition) is 2. The van der Waals surface area contributed by atoms with Crippen molar-refractivity contribution in [2.75, 3.05) is 38.2 Å². The Balaban J connectivity index is 0.00000259. The number of fused-ring (bicyclic) bond motifs is 1. The van der Waals surface area contributed by atoms with E-state index < -0.39 is 23.1 Å². The SMILES string of the molecule is CNCC1COC2(CCN(c3c(F)cn4c(=O)c(C(=O)O)cc(C5CC5)c4c3C)CC2)O1.Cl. The van der Waals surface area contributed by atoms with Gasteiger partial charge >= 0.3 is 5.97 Å². The van der Waals surface area contributed by atoms with Crippen LogP contribution < -0.4 is 15.8 Å². The summed E-state index contributed by atoms with van der Waals surface area (Å²) in [7, 11) is 1.88. The van der Waals surface area contributed by atoms with Gasteiger partial charge in [0.15, 0.2) is 11.6 Å². The highest BCUT2D eigenvalue weighted by atomic mass is 35.5. The lowest BCUT2D eigenvalue weighted by Gasteiger charge is -2.39. The number of likely N-dealkylation sites (N-methyl/N-ethyl adjacent to an activating group) is 1.